The lowest BCUT2D eigenvalue weighted by Crippen LogP contribution is -2.23. The van der Waals surface area contributed by atoms with Gasteiger partial charge in [-0.3, -0.25) is 4.79 Å². The predicted molar refractivity (Wildman–Crippen MR) is 72.5 cm³/mol. The maximum atomic E-state index is 12.0. The van der Waals surface area contributed by atoms with Gasteiger partial charge >= 0.3 is 11.9 Å². The van der Waals surface area contributed by atoms with Gasteiger partial charge in [0.05, 0.1) is 29.8 Å². The van der Waals surface area contributed by atoms with Crippen molar-refractivity contribution in [2.24, 2.45) is 5.92 Å². The van der Waals surface area contributed by atoms with Crippen molar-refractivity contribution in [2.45, 2.75) is 19.4 Å². The molecule has 0 aromatic heterocycles. The van der Waals surface area contributed by atoms with Gasteiger partial charge in [-0.05, 0) is 31.5 Å². The fraction of sp³-hybridized carbons (Fsp3) is 0.357. The Kier molecular flexibility index (Phi) is 4.23. The number of hydrogen-bond acceptors (Lipinski definition) is 4. The van der Waals surface area contributed by atoms with Crippen LogP contribution in [0.4, 0.5) is 5.69 Å². The SMILES string of the molecule is CC1CC(C(=O)Nc2cc(C(=O)O)cc(C(=O)O)c2)CO1. The Balaban J connectivity index is 2.20. The quantitative estimate of drug-likeness (QED) is 0.774. The van der Waals surface area contributed by atoms with Gasteiger partial charge in [0.1, 0.15) is 0 Å². The highest BCUT2D eigenvalue weighted by atomic mass is 16.5. The van der Waals surface area contributed by atoms with Crippen LogP contribution in [0.3, 0.4) is 0 Å². The molecule has 0 spiro atoms. The van der Waals surface area contributed by atoms with Crippen molar-refractivity contribution in [3.63, 3.8) is 0 Å². The molecule has 3 N–H and O–H groups in total. The summed E-state index contributed by atoms with van der Waals surface area (Å²) in [5.74, 6) is -3.14. The maximum Gasteiger partial charge on any atom is 0.335 e. The summed E-state index contributed by atoms with van der Waals surface area (Å²) in [6.07, 6.45) is 0.580. The summed E-state index contributed by atoms with van der Waals surface area (Å²) in [5, 5.41) is 20.5. The lowest BCUT2D eigenvalue weighted by Gasteiger charge is -2.11. The van der Waals surface area contributed by atoms with Gasteiger partial charge in [-0.1, -0.05) is 0 Å². The first-order valence-corrected chi connectivity index (χ1v) is 6.41. The highest BCUT2D eigenvalue weighted by molar-refractivity contribution is 5.99. The number of anilines is 1. The van der Waals surface area contributed by atoms with Crippen molar-refractivity contribution in [2.75, 3.05) is 11.9 Å². The summed E-state index contributed by atoms with van der Waals surface area (Å²) in [6.45, 7) is 2.16. The Bertz CT molecular complexity index is 565. The van der Waals surface area contributed by atoms with Gasteiger partial charge in [-0.25, -0.2) is 9.59 Å². The van der Waals surface area contributed by atoms with Crippen LogP contribution >= 0.6 is 0 Å². The van der Waals surface area contributed by atoms with Crippen LogP contribution < -0.4 is 5.32 Å². The highest BCUT2D eigenvalue weighted by Gasteiger charge is 2.28. The van der Waals surface area contributed by atoms with E-state index < -0.39 is 11.9 Å². The molecule has 1 aliphatic rings. The monoisotopic (exact) mass is 293 g/mol. The number of carbonyl (C=O) groups excluding carboxylic acids is 1. The van der Waals surface area contributed by atoms with E-state index in [1.807, 2.05) is 6.92 Å². The van der Waals surface area contributed by atoms with Crippen LogP contribution in [0.2, 0.25) is 0 Å². The van der Waals surface area contributed by atoms with Crippen LogP contribution in [0.5, 0.6) is 0 Å². The standard InChI is InChI=1S/C14H15NO6/c1-7-2-10(6-21-7)12(16)15-11-4-8(13(17)18)3-9(5-11)14(19)20/h3-5,7,10H,2,6H2,1H3,(H,15,16)(H,17,18)(H,19,20). The normalized spacial score (nSPS) is 21.0. The third-order valence-electron chi connectivity index (χ3n) is 3.26. The Morgan fingerprint density at radius 1 is 1.14 bits per heavy atom. The van der Waals surface area contributed by atoms with Crippen LogP contribution in [0.1, 0.15) is 34.1 Å². The number of hydrogen-bond donors (Lipinski definition) is 3. The van der Waals surface area contributed by atoms with Crippen molar-refractivity contribution >= 4 is 23.5 Å². The molecule has 2 rings (SSSR count). The number of rotatable bonds is 4. The third-order valence-corrected chi connectivity index (χ3v) is 3.26. The molecule has 1 heterocycles. The Morgan fingerprint density at radius 3 is 2.14 bits per heavy atom. The zero-order chi connectivity index (χ0) is 15.6. The van der Waals surface area contributed by atoms with E-state index in [2.05, 4.69) is 5.32 Å². The molecule has 7 nitrogen and oxygen atoms in total. The fourth-order valence-electron chi connectivity index (χ4n) is 2.19. The van der Waals surface area contributed by atoms with Crippen LogP contribution in [0, 0.1) is 5.92 Å². The molecule has 7 heteroatoms. The van der Waals surface area contributed by atoms with E-state index >= 15 is 0 Å². The molecule has 1 aliphatic heterocycles. The predicted octanol–water partition coefficient (Wildman–Crippen LogP) is 1.45. The number of ether oxygens (including phenoxy) is 1. The summed E-state index contributed by atoms with van der Waals surface area (Å²) in [6, 6.07) is 3.50. The molecule has 1 fully saturated rings. The number of carboxylic acids is 2. The second-order valence-corrected chi connectivity index (χ2v) is 4.98. The second kappa shape index (κ2) is 5.92. The minimum Gasteiger partial charge on any atom is -0.478 e. The molecule has 1 aromatic rings. The molecule has 1 aromatic carbocycles. The number of amides is 1. The topological polar surface area (TPSA) is 113 Å². The van der Waals surface area contributed by atoms with Crippen molar-refractivity contribution < 1.29 is 29.3 Å². The molecule has 1 amide bonds. The fourth-order valence-corrected chi connectivity index (χ4v) is 2.19. The lowest BCUT2D eigenvalue weighted by atomic mass is 10.0. The van der Waals surface area contributed by atoms with E-state index in [1.54, 1.807) is 0 Å². The third kappa shape index (κ3) is 3.57. The summed E-state index contributed by atoms with van der Waals surface area (Å²) in [7, 11) is 0. The van der Waals surface area contributed by atoms with Gasteiger partial charge in [0.15, 0.2) is 0 Å². The molecule has 1 saturated heterocycles. The molecule has 2 unspecified atom stereocenters. The number of carbonyl (C=O) groups is 3. The molecule has 21 heavy (non-hydrogen) atoms. The first-order valence-electron chi connectivity index (χ1n) is 6.41. The second-order valence-electron chi connectivity index (χ2n) is 4.98. The molecular formula is C14H15NO6. The zero-order valence-electron chi connectivity index (χ0n) is 11.3. The van der Waals surface area contributed by atoms with E-state index in [4.69, 9.17) is 14.9 Å². The van der Waals surface area contributed by atoms with Crippen molar-refractivity contribution in [1.82, 2.24) is 0 Å². The zero-order valence-corrected chi connectivity index (χ0v) is 11.3. The molecule has 0 bridgehead atoms. The Labute approximate surface area is 120 Å². The summed E-state index contributed by atoms with van der Waals surface area (Å²) >= 11 is 0. The van der Waals surface area contributed by atoms with Gasteiger partial charge in [0, 0.05) is 5.69 Å². The van der Waals surface area contributed by atoms with Crippen LogP contribution in [0.15, 0.2) is 18.2 Å². The first kappa shape index (κ1) is 15.0. The largest absolute Gasteiger partial charge is 0.478 e. The molecule has 0 aliphatic carbocycles. The average Bonchev–Trinajstić information content (AvgIpc) is 2.85. The van der Waals surface area contributed by atoms with E-state index in [0.717, 1.165) is 6.07 Å². The van der Waals surface area contributed by atoms with Gasteiger partial charge in [-0.2, -0.15) is 0 Å². The van der Waals surface area contributed by atoms with Gasteiger partial charge in [0.25, 0.3) is 0 Å². The van der Waals surface area contributed by atoms with Crippen molar-refractivity contribution in [1.29, 1.82) is 0 Å². The van der Waals surface area contributed by atoms with Gasteiger partial charge in [0.2, 0.25) is 5.91 Å². The van der Waals surface area contributed by atoms with Crippen LogP contribution in [-0.2, 0) is 9.53 Å². The summed E-state index contributed by atoms with van der Waals surface area (Å²) < 4.78 is 5.30. The number of nitrogens with one attached hydrogen (secondary N) is 1. The minimum atomic E-state index is -1.26. The van der Waals surface area contributed by atoms with Crippen molar-refractivity contribution in [3.05, 3.63) is 29.3 Å². The van der Waals surface area contributed by atoms with E-state index in [-0.39, 0.29) is 34.7 Å². The highest BCUT2D eigenvalue weighted by Crippen LogP contribution is 2.22. The number of carboxylic acid groups (broad SMARTS) is 2. The number of aromatic carboxylic acids is 2. The lowest BCUT2D eigenvalue weighted by molar-refractivity contribution is -0.119. The number of benzene rings is 1. The first-order chi connectivity index (χ1) is 9.86. The minimum absolute atomic E-state index is 0.000634. The summed E-state index contributed by atoms with van der Waals surface area (Å²) in [4.78, 5) is 34.0. The van der Waals surface area contributed by atoms with Crippen molar-refractivity contribution in [3.8, 4) is 0 Å². The maximum absolute atomic E-state index is 12.0. The van der Waals surface area contributed by atoms with E-state index in [1.165, 1.54) is 12.1 Å². The molecule has 2 atom stereocenters. The van der Waals surface area contributed by atoms with Crippen LogP contribution in [0.25, 0.3) is 0 Å². The average molecular weight is 293 g/mol. The molecule has 0 radical (unpaired) electrons. The Hall–Kier alpha value is -2.41. The van der Waals surface area contributed by atoms with E-state index in [0.29, 0.717) is 13.0 Å². The van der Waals surface area contributed by atoms with Crippen LogP contribution in [-0.4, -0.2) is 40.8 Å². The summed E-state index contributed by atoms with van der Waals surface area (Å²) in [5.41, 5.74) is -0.237. The molecule has 112 valence electrons. The molecule has 0 saturated carbocycles. The van der Waals surface area contributed by atoms with E-state index in [9.17, 15) is 14.4 Å². The van der Waals surface area contributed by atoms with Gasteiger partial charge < -0.3 is 20.3 Å². The molecular weight excluding hydrogens is 278 g/mol. The smallest absolute Gasteiger partial charge is 0.335 e. The Morgan fingerprint density at radius 2 is 1.71 bits per heavy atom. The van der Waals surface area contributed by atoms with Gasteiger partial charge in [-0.15, -0.1) is 0 Å².